The molecule has 0 spiro atoms. The molecular weight excluding hydrogens is 442 g/mol. The Bertz CT molecular complexity index is 346. The number of thioether (sulfide) groups is 1. The van der Waals surface area contributed by atoms with Gasteiger partial charge in [-0.15, -0.1) is 24.0 Å². The summed E-state index contributed by atoms with van der Waals surface area (Å²) in [6, 6.07) is 0. The number of hydrogen-bond acceptors (Lipinski definition) is 3. The third kappa shape index (κ3) is 10.5. The maximum Gasteiger partial charge on any atom is 0.411 e. The van der Waals surface area contributed by atoms with Crippen molar-refractivity contribution in [2.45, 2.75) is 38.1 Å². The van der Waals surface area contributed by atoms with E-state index in [0.717, 1.165) is 37.8 Å². The van der Waals surface area contributed by atoms with Crippen LogP contribution in [0.5, 0.6) is 0 Å². The monoisotopic (exact) mass is 469 g/mol. The van der Waals surface area contributed by atoms with Crippen molar-refractivity contribution < 1.29 is 17.9 Å². The maximum absolute atomic E-state index is 11.9. The number of guanidine groups is 1. The predicted molar refractivity (Wildman–Crippen MR) is 101 cm³/mol. The zero-order chi connectivity index (χ0) is 16.4. The SMILES string of the molecule is CCNC(=NCCCOCC(F)(F)F)N1CCSC(CC)C1.I. The number of rotatable bonds is 7. The highest BCUT2D eigenvalue weighted by molar-refractivity contribution is 14.0. The van der Waals surface area contributed by atoms with Crippen LogP contribution in [0.1, 0.15) is 26.7 Å². The molecule has 0 bridgehead atoms. The summed E-state index contributed by atoms with van der Waals surface area (Å²) in [5, 5.41) is 3.88. The normalized spacial score (nSPS) is 19.4. The van der Waals surface area contributed by atoms with Gasteiger partial charge in [-0.1, -0.05) is 6.92 Å². The van der Waals surface area contributed by atoms with Gasteiger partial charge in [-0.05, 0) is 19.8 Å². The molecule has 23 heavy (non-hydrogen) atoms. The number of nitrogens with one attached hydrogen (secondary N) is 1. The van der Waals surface area contributed by atoms with Crippen LogP contribution in [0.25, 0.3) is 0 Å². The first-order valence-electron chi connectivity index (χ1n) is 7.75. The van der Waals surface area contributed by atoms with E-state index in [2.05, 4.69) is 26.9 Å². The minimum Gasteiger partial charge on any atom is -0.372 e. The largest absolute Gasteiger partial charge is 0.411 e. The van der Waals surface area contributed by atoms with Gasteiger partial charge in [0.15, 0.2) is 5.96 Å². The van der Waals surface area contributed by atoms with Crippen LogP contribution in [0.15, 0.2) is 4.99 Å². The number of alkyl halides is 3. The third-order valence-corrected chi connectivity index (χ3v) is 4.57. The first-order valence-corrected chi connectivity index (χ1v) is 8.80. The average molecular weight is 469 g/mol. The van der Waals surface area contributed by atoms with E-state index in [4.69, 9.17) is 0 Å². The summed E-state index contributed by atoms with van der Waals surface area (Å²) in [6.45, 7) is 6.27. The standard InChI is InChI=1S/C14H26F3N3OS.HI/c1-3-12-10-20(7-9-22-12)13(18-4-2)19-6-5-8-21-11-14(15,16)17;/h12H,3-11H2,1-2H3,(H,18,19);1H. The summed E-state index contributed by atoms with van der Waals surface area (Å²) < 4.78 is 40.4. The zero-order valence-electron chi connectivity index (χ0n) is 13.7. The fraction of sp³-hybridized carbons (Fsp3) is 0.929. The van der Waals surface area contributed by atoms with E-state index in [1.807, 2.05) is 18.7 Å². The molecule has 1 aliphatic rings. The van der Waals surface area contributed by atoms with E-state index in [-0.39, 0.29) is 30.6 Å². The second-order valence-electron chi connectivity index (χ2n) is 5.10. The Morgan fingerprint density at radius 3 is 2.74 bits per heavy atom. The van der Waals surface area contributed by atoms with Gasteiger partial charge in [0.2, 0.25) is 0 Å². The van der Waals surface area contributed by atoms with Crippen molar-refractivity contribution >= 4 is 41.7 Å². The van der Waals surface area contributed by atoms with Crippen molar-refractivity contribution in [1.29, 1.82) is 0 Å². The molecule has 0 aromatic carbocycles. The number of halogens is 4. The fourth-order valence-corrected chi connectivity index (χ4v) is 3.30. The van der Waals surface area contributed by atoms with Gasteiger partial charge in [-0.3, -0.25) is 4.99 Å². The topological polar surface area (TPSA) is 36.9 Å². The lowest BCUT2D eigenvalue weighted by atomic mass is 10.3. The number of hydrogen-bond donors (Lipinski definition) is 1. The molecular formula is C14H27F3IN3OS. The summed E-state index contributed by atoms with van der Waals surface area (Å²) in [5.41, 5.74) is 0. The molecule has 1 unspecified atom stereocenters. The first-order chi connectivity index (χ1) is 10.5. The molecule has 0 aromatic rings. The molecule has 1 aliphatic heterocycles. The molecule has 0 amide bonds. The smallest absolute Gasteiger partial charge is 0.372 e. The number of aliphatic imine (C=N–C) groups is 1. The highest BCUT2D eigenvalue weighted by atomic mass is 127. The lowest BCUT2D eigenvalue weighted by molar-refractivity contribution is -0.173. The van der Waals surface area contributed by atoms with Gasteiger partial charge in [-0.2, -0.15) is 24.9 Å². The molecule has 138 valence electrons. The highest BCUT2D eigenvalue weighted by Gasteiger charge is 2.27. The second-order valence-corrected chi connectivity index (χ2v) is 6.51. The van der Waals surface area contributed by atoms with Crippen molar-refractivity contribution in [2.24, 2.45) is 4.99 Å². The Balaban J connectivity index is 0.00000484. The van der Waals surface area contributed by atoms with Gasteiger partial charge in [0.1, 0.15) is 6.61 Å². The molecule has 0 aliphatic carbocycles. The van der Waals surface area contributed by atoms with Crippen molar-refractivity contribution in [1.82, 2.24) is 10.2 Å². The molecule has 1 rings (SSSR count). The van der Waals surface area contributed by atoms with Crippen LogP contribution in [0.4, 0.5) is 13.2 Å². The highest BCUT2D eigenvalue weighted by Crippen LogP contribution is 2.21. The van der Waals surface area contributed by atoms with Gasteiger partial charge in [-0.25, -0.2) is 0 Å². The number of ether oxygens (including phenoxy) is 1. The van der Waals surface area contributed by atoms with Crippen LogP contribution in [-0.2, 0) is 4.74 Å². The van der Waals surface area contributed by atoms with E-state index >= 15 is 0 Å². The Labute approximate surface area is 158 Å². The molecule has 0 saturated carbocycles. The van der Waals surface area contributed by atoms with Gasteiger partial charge >= 0.3 is 6.18 Å². The van der Waals surface area contributed by atoms with E-state index in [1.165, 1.54) is 0 Å². The van der Waals surface area contributed by atoms with E-state index in [0.29, 0.717) is 18.2 Å². The Kier molecular flexibility index (Phi) is 12.5. The molecule has 0 radical (unpaired) electrons. The van der Waals surface area contributed by atoms with E-state index < -0.39 is 12.8 Å². The summed E-state index contributed by atoms with van der Waals surface area (Å²) in [6.07, 6.45) is -2.63. The van der Waals surface area contributed by atoms with Gasteiger partial charge in [0, 0.05) is 43.8 Å². The lowest BCUT2D eigenvalue weighted by Crippen LogP contribution is -2.48. The fourth-order valence-electron chi connectivity index (χ4n) is 2.12. The molecule has 1 atom stereocenters. The van der Waals surface area contributed by atoms with Gasteiger partial charge in [0.25, 0.3) is 0 Å². The number of nitrogens with zero attached hydrogens (tertiary/aromatic N) is 2. The van der Waals surface area contributed by atoms with Gasteiger partial charge < -0.3 is 15.0 Å². The van der Waals surface area contributed by atoms with Crippen molar-refractivity contribution in [3.63, 3.8) is 0 Å². The maximum atomic E-state index is 11.9. The van der Waals surface area contributed by atoms with Crippen molar-refractivity contribution in [3.8, 4) is 0 Å². The summed E-state index contributed by atoms with van der Waals surface area (Å²) >= 11 is 1.99. The van der Waals surface area contributed by atoms with E-state index in [9.17, 15) is 13.2 Å². The van der Waals surface area contributed by atoms with Crippen LogP contribution >= 0.6 is 35.7 Å². The van der Waals surface area contributed by atoms with E-state index in [1.54, 1.807) is 0 Å². The first kappa shape index (κ1) is 23.1. The summed E-state index contributed by atoms with van der Waals surface area (Å²) in [5.74, 6) is 1.94. The van der Waals surface area contributed by atoms with Crippen LogP contribution in [0.3, 0.4) is 0 Å². The minimum atomic E-state index is -4.25. The Morgan fingerprint density at radius 1 is 1.39 bits per heavy atom. The van der Waals surface area contributed by atoms with Gasteiger partial charge in [0.05, 0.1) is 0 Å². The summed E-state index contributed by atoms with van der Waals surface area (Å²) in [7, 11) is 0. The molecule has 1 heterocycles. The van der Waals surface area contributed by atoms with Crippen molar-refractivity contribution in [2.75, 3.05) is 45.1 Å². The predicted octanol–water partition coefficient (Wildman–Crippen LogP) is 3.37. The molecule has 0 aromatic heterocycles. The van der Waals surface area contributed by atoms with Crippen LogP contribution in [0.2, 0.25) is 0 Å². The molecule has 1 N–H and O–H groups in total. The average Bonchev–Trinajstić information content (AvgIpc) is 2.48. The van der Waals surface area contributed by atoms with Crippen LogP contribution < -0.4 is 5.32 Å². The van der Waals surface area contributed by atoms with Crippen LogP contribution in [0, 0.1) is 0 Å². The Hall–Kier alpha value is 0.1000. The molecule has 1 fully saturated rings. The molecule has 1 saturated heterocycles. The van der Waals surface area contributed by atoms with Crippen molar-refractivity contribution in [3.05, 3.63) is 0 Å². The quantitative estimate of drug-likeness (QED) is 0.269. The minimum absolute atomic E-state index is 0. The second kappa shape index (κ2) is 12.5. The zero-order valence-corrected chi connectivity index (χ0v) is 16.8. The lowest BCUT2D eigenvalue weighted by Gasteiger charge is -2.34. The third-order valence-electron chi connectivity index (χ3n) is 3.20. The molecule has 4 nitrogen and oxygen atoms in total. The molecule has 9 heteroatoms. The Morgan fingerprint density at radius 2 is 2.13 bits per heavy atom. The summed E-state index contributed by atoms with van der Waals surface area (Å²) in [4.78, 5) is 6.74. The van der Waals surface area contributed by atoms with Crippen LogP contribution in [-0.4, -0.2) is 67.4 Å².